The van der Waals surface area contributed by atoms with Gasteiger partial charge in [0.25, 0.3) is 0 Å². The first-order chi connectivity index (χ1) is 14.8. The molecule has 0 N–H and O–H groups in total. The van der Waals surface area contributed by atoms with Gasteiger partial charge in [0.05, 0.1) is 13.1 Å². The van der Waals surface area contributed by atoms with Gasteiger partial charge in [-0.3, -0.25) is 9.57 Å². The number of nitrogens with zero attached hydrogens (tertiary/aromatic N) is 2. The van der Waals surface area contributed by atoms with Gasteiger partial charge in [-0.25, -0.2) is 0 Å². The number of carbonyl (C=O) groups excluding carboxylic acids is 1. The lowest BCUT2D eigenvalue weighted by atomic mass is 10.2. The van der Waals surface area contributed by atoms with Crippen molar-refractivity contribution < 1.29 is 14.3 Å². The van der Waals surface area contributed by atoms with Crippen LogP contribution in [-0.4, -0.2) is 35.5 Å². The molecule has 5 nitrogen and oxygen atoms in total. The topological polar surface area (TPSA) is 51.1 Å². The number of ether oxygens (including phenoxy) is 2. The summed E-state index contributed by atoms with van der Waals surface area (Å²) in [4.78, 5) is 10.8. The average Bonchev–Trinajstić information content (AvgIpc) is 2.81. The summed E-state index contributed by atoms with van der Waals surface area (Å²) in [6, 6.07) is 14.8. The molecule has 31 heavy (non-hydrogen) atoms. The van der Waals surface area contributed by atoms with E-state index in [9.17, 15) is 4.79 Å². The molecule has 3 atom stereocenters. The van der Waals surface area contributed by atoms with Crippen molar-refractivity contribution in [3.05, 3.63) is 59.7 Å². The fourth-order valence-corrected chi connectivity index (χ4v) is 5.28. The van der Waals surface area contributed by atoms with Crippen LogP contribution in [0.15, 0.2) is 53.6 Å². The largest absolute Gasteiger partial charge is 0.484 e. The van der Waals surface area contributed by atoms with E-state index < -0.39 is 6.85 Å². The van der Waals surface area contributed by atoms with Gasteiger partial charge in [0.1, 0.15) is 23.6 Å². The van der Waals surface area contributed by atoms with Gasteiger partial charge in [0, 0.05) is 20.0 Å². The smallest absolute Gasteiger partial charge is 0.157 e. The summed E-state index contributed by atoms with van der Waals surface area (Å²) in [6.07, 6.45) is 4.22. The van der Waals surface area contributed by atoms with Gasteiger partial charge >= 0.3 is 0 Å². The predicted octanol–water partition coefficient (Wildman–Crippen LogP) is 6.08. The molecule has 0 spiro atoms. The Kier molecular flexibility index (Phi) is 10.2. The zero-order chi connectivity index (χ0) is 22.9. The number of hydrogen-bond acceptors (Lipinski definition) is 6. The molecule has 0 bridgehead atoms. The summed E-state index contributed by atoms with van der Waals surface area (Å²) in [5.41, 5.74) is 1.57. The molecule has 0 aromatic heterocycles. The number of hydrogen-bond donors (Lipinski definition) is 0. The molecule has 3 unspecified atom stereocenters. The van der Waals surface area contributed by atoms with Crippen molar-refractivity contribution in [2.45, 2.75) is 44.8 Å². The first kappa shape index (κ1) is 25.6. The summed E-state index contributed by atoms with van der Waals surface area (Å²) in [6.45, 7) is 4.64. The van der Waals surface area contributed by atoms with E-state index in [1.807, 2.05) is 49.9 Å². The maximum atomic E-state index is 10.8. The van der Waals surface area contributed by atoms with Crippen LogP contribution in [0.1, 0.15) is 49.5 Å². The fraction of sp³-hybridized carbons (Fsp3) is 0.364. The van der Waals surface area contributed by atoms with E-state index in [1.54, 1.807) is 30.5 Å². The minimum Gasteiger partial charge on any atom is -0.484 e. The van der Waals surface area contributed by atoms with Crippen molar-refractivity contribution >= 4 is 50.3 Å². The summed E-state index contributed by atoms with van der Waals surface area (Å²) in [5, 5.41) is 4.18. The number of hydrazone groups is 1. The monoisotopic (exact) mass is 494 g/mol. The molecule has 2 aromatic rings. The van der Waals surface area contributed by atoms with Crippen molar-refractivity contribution in [3.8, 4) is 11.5 Å². The van der Waals surface area contributed by atoms with Crippen LogP contribution < -0.4 is 9.47 Å². The van der Waals surface area contributed by atoms with Crippen LogP contribution in [-0.2, 0) is 23.6 Å². The Morgan fingerprint density at radius 2 is 1.71 bits per heavy atom. The predicted molar refractivity (Wildman–Crippen MR) is 138 cm³/mol. The first-order valence-electron chi connectivity index (χ1n) is 10.0. The quantitative estimate of drug-likeness (QED) is 0.154. The van der Waals surface area contributed by atoms with Crippen molar-refractivity contribution in [1.29, 1.82) is 0 Å². The van der Waals surface area contributed by atoms with Gasteiger partial charge in [-0.1, -0.05) is 37.5 Å². The fourth-order valence-electron chi connectivity index (χ4n) is 2.55. The molecule has 0 aliphatic carbocycles. The summed E-state index contributed by atoms with van der Waals surface area (Å²) in [5.74, 6) is 1.37. The maximum absolute atomic E-state index is 10.8. The third-order valence-electron chi connectivity index (χ3n) is 4.71. The molecule has 0 amide bonds. The standard InChI is InChI=1S/C22H28N2O3P2S2/c1-5-21(26-19-11-9-18(16-25)10-12-19)29(31)24(4)23-15-17-7-13-20(14-8-17)27-22(3,6-2)28-30/h7-16,21,29H,5-6H2,1-4H3/b23-15+. The highest BCUT2D eigenvalue weighted by atomic mass is 32.4. The molecule has 9 heteroatoms. The van der Waals surface area contributed by atoms with E-state index in [2.05, 4.69) is 12.0 Å². The number of carbonyl (C=O) groups is 1. The normalized spacial score (nSPS) is 15.2. The Labute approximate surface area is 197 Å². The molecule has 2 aromatic carbocycles. The SMILES string of the molecule is CCC(Oc1ccc(C=O)cc1)[PH](=S)N(C)/N=C/c1ccc(OC(C)(CC)P=S)cc1. The zero-order valence-electron chi connectivity index (χ0n) is 18.1. The molecule has 0 saturated carbocycles. The lowest BCUT2D eigenvalue weighted by molar-refractivity contribution is 0.112. The molecular weight excluding hydrogens is 466 g/mol. The highest BCUT2D eigenvalue weighted by molar-refractivity contribution is 8.04. The lowest BCUT2D eigenvalue weighted by Crippen LogP contribution is -2.23. The molecule has 0 fully saturated rings. The van der Waals surface area contributed by atoms with Gasteiger partial charge < -0.3 is 9.47 Å². The van der Waals surface area contributed by atoms with E-state index in [0.29, 0.717) is 11.3 Å². The van der Waals surface area contributed by atoms with Gasteiger partial charge in [-0.05, 0) is 73.9 Å². The minimum atomic E-state index is -1.49. The summed E-state index contributed by atoms with van der Waals surface area (Å²) in [7, 11) is 2.67. The summed E-state index contributed by atoms with van der Waals surface area (Å²) >= 11 is 10.9. The highest BCUT2D eigenvalue weighted by Crippen LogP contribution is 2.36. The highest BCUT2D eigenvalue weighted by Gasteiger charge is 2.21. The molecular formula is C22H28N2O3P2S2. The van der Waals surface area contributed by atoms with E-state index in [0.717, 1.165) is 37.8 Å². The second kappa shape index (κ2) is 12.4. The molecule has 2 rings (SSSR count). The third kappa shape index (κ3) is 7.76. The molecule has 0 aliphatic rings. The Morgan fingerprint density at radius 1 is 1.13 bits per heavy atom. The second-order valence-corrected chi connectivity index (χ2v) is 12.0. The summed E-state index contributed by atoms with van der Waals surface area (Å²) < 4.78 is 13.9. The van der Waals surface area contributed by atoms with Crippen LogP contribution in [0.2, 0.25) is 0 Å². The maximum Gasteiger partial charge on any atom is 0.157 e. The van der Waals surface area contributed by atoms with E-state index >= 15 is 0 Å². The van der Waals surface area contributed by atoms with Crippen LogP contribution in [0, 0.1) is 0 Å². The number of aldehydes is 1. The Bertz CT molecular complexity index is 923. The average molecular weight is 495 g/mol. The van der Waals surface area contributed by atoms with Crippen LogP contribution in [0.25, 0.3) is 0 Å². The Morgan fingerprint density at radius 3 is 2.23 bits per heavy atom. The Hall–Kier alpha value is -1.65. The number of benzene rings is 2. The van der Waals surface area contributed by atoms with Crippen molar-refractivity contribution in [2.75, 3.05) is 7.05 Å². The van der Waals surface area contributed by atoms with Crippen molar-refractivity contribution in [2.24, 2.45) is 5.10 Å². The molecule has 0 saturated heterocycles. The first-order valence-corrected chi connectivity index (χ1v) is 14.6. The Balaban J connectivity index is 1.99. The van der Waals surface area contributed by atoms with Gasteiger partial charge in [-0.2, -0.15) is 5.10 Å². The molecule has 0 radical (unpaired) electrons. The van der Waals surface area contributed by atoms with Crippen LogP contribution >= 0.6 is 14.2 Å². The van der Waals surface area contributed by atoms with E-state index in [4.69, 9.17) is 33.1 Å². The third-order valence-corrected chi connectivity index (χ3v) is 10.1. The second-order valence-electron chi connectivity index (χ2n) is 7.10. The molecule has 0 aliphatic heterocycles. The van der Waals surface area contributed by atoms with E-state index in [1.165, 1.54) is 0 Å². The van der Waals surface area contributed by atoms with Crippen molar-refractivity contribution in [1.82, 2.24) is 4.78 Å². The van der Waals surface area contributed by atoms with E-state index in [-0.39, 0.29) is 11.2 Å². The van der Waals surface area contributed by atoms with Crippen LogP contribution in [0.4, 0.5) is 0 Å². The minimum absolute atomic E-state index is 0.121. The zero-order valence-corrected chi connectivity index (χ0v) is 21.7. The van der Waals surface area contributed by atoms with Gasteiger partial charge in [0.2, 0.25) is 0 Å². The van der Waals surface area contributed by atoms with Crippen LogP contribution in [0.3, 0.4) is 0 Å². The molecule has 0 heterocycles. The van der Waals surface area contributed by atoms with Crippen LogP contribution in [0.5, 0.6) is 11.5 Å². The van der Waals surface area contributed by atoms with Gasteiger partial charge in [-0.15, -0.1) is 0 Å². The molecule has 166 valence electrons. The van der Waals surface area contributed by atoms with Crippen molar-refractivity contribution in [3.63, 3.8) is 0 Å². The number of rotatable bonds is 12. The lowest BCUT2D eigenvalue weighted by Gasteiger charge is -2.25. The van der Waals surface area contributed by atoms with Gasteiger partial charge in [0.15, 0.2) is 5.34 Å².